The summed E-state index contributed by atoms with van der Waals surface area (Å²) in [7, 11) is 0. The minimum absolute atomic E-state index is 0.0152. The number of aryl methyl sites for hydroxylation is 1. The zero-order valence-corrected chi connectivity index (χ0v) is 10.5. The first-order valence-electron chi connectivity index (χ1n) is 5.20. The third-order valence-corrected chi connectivity index (χ3v) is 3.57. The third kappa shape index (κ3) is 2.53. The fraction of sp³-hybridized carbons (Fsp3) is 0.154. The number of anilines is 1. The van der Waals surface area contributed by atoms with Crippen LogP contribution in [0.3, 0.4) is 0 Å². The molecule has 0 saturated heterocycles. The maximum absolute atomic E-state index is 11.2. The van der Waals surface area contributed by atoms with Crippen molar-refractivity contribution in [3.63, 3.8) is 0 Å². The van der Waals surface area contributed by atoms with Crippen molar-refractivity contribution in [2.45, 2.75) is 23.6 Å². The summed E-state index contributed by atoms with van der Waals surface area (Å²) in [5.41, 5.74) is 6.92. The maximum atomic E-state index is 11.2. The Kier molecular flexibility index (Phi) is 3.24. The van der Waals surface area contributed by atoms with Gasteiger partial charge in [-0.2, -0.15) is 0 Å². The summed E-state index contributed by atoms with van der Waals surface area (Å²) in [6, 6.07) is 7.38. The van der Waals surface area contributed by atoms with Crippen molar-refractivity contribution in [1.29, 1.82) is 0 Å². The maximum Gasteiger partial charge on any atom is 0.161 e. The molecule has 0 atom stereocenters. The average Bonchev–Trinajstić information content (AvgIpc) is 2.64. The molecule has 0 spiro atoms. The Labute approximate surface area is 104 Å². The van der Waals surface area contributed by atoms with Gasteiger partial charge in [-0.25, -0.2) is 0 Å². The zero-order valence-electron chi connectivity index (χ0n) is 9.69. The van der Waals surface area contributed by atoms with E-state index in [2.05, 4.69) is 0 Å². The van der Waals surface area contributed by atoms with Gasteiger partial charge in [0.2, 0.25) is 0 Å². The highest BCUT2D eigenvalue weighted by molar-refractivity contribution is 7.99. The van der Waals surface area contributed by atoms with Crippen LogP contribution in [-0.2, 0) is 0 Å². The smallest absolute Gasteiger partial charge is 0.161 e. The molecule has 0 fully saturated rings. The highest BCUT2D eigenvalue weighted by Gasteiger charge is 2.08. The summed E-state index contributed by atoms with van der Waals surface area (Å²) in [5.74, 6) is 0.864. The van der Waals surface area contributed by atoms with Gasteiger partial charge in [-0.1, -0.05) is 11.8 Å². The second-order valence-corrected chi connectivity index (χ2v) is 4.86. The lowest BCUT2D eigenvalue weighted by Crippen LogP contribution is -1.99. The third-order valence-electron chi connectivity index (χ3n) is 2.44. The van der Waals surface area contributed by atoms with Crippen LogP contribution < -0.4 is 5.73 Å². The van der Waals surface area contributed by atoms with Crippen LogP contribution in [-0.4, -0.2) is 5.78 Å². The summed E-state index contributed by atoms with van der Waals surface area (Å²) < 4.78 is 5.22. The van der Waals surface area contributed by atoms with Gasteiger partial charge in [-0.15, -0.1) is 0 Å². The highest BCUT2D eigenvalue weighted by Crippen LogP contribution is 2.32. The monoisotopic (exact) mass is 247 g/mol. The molecule has 0 bridgehead atoms. The van der Waals surface area contributed by atoms with Gasteiger partial charge in [0.05, 0.1) is 11.2 Å². The molecule has 17 heavy (non-hydrogen) atoms. The molecule has 3 nitrogen and oxygen atoms in total. The molecule has 1 aromatic carbocycles. The largest absolute Gasteiger partial charge is 0.468 e. The molecule has 88 valence electrons. The Morgan fingerprint density at radius 3 is 2.65 bits per heavy atom. The number of nitrogens with two attached hydrogens (primary N) is 1. The predicted molar refractivity (Wildman–Crippen MR) is 68.4 cm³/mol. The Morgan fingerprint density at radius 2 is 2.12 bits per heavy atom. The Morgan fingerprint density at radius 1 is 1.35 bits per heavy atom. The second-order valence-electron chi connectivity index (χ2n) is 3.75. The number of nitrogen functional groups attached to an aromatic ring is 1. The molecule has 2 N–H and O–H groups in total. The van der Waals surface area contributed by atoms with Crippen LogP contribution in [0.4, 0.5) is 5.69 Å². The van der Waals surface area contributed by atoms with E-state index in [1.54, 1.807) is 24.1 Å². The molecular weight excluding hydrogens is 234 g/mol. The highest BCUT2D eigenvalue weighted by atomic mass is 32.2. The number of ketones is 1. The van der Waals surface area contributed by atoms with Crippen molar-refractivity contribution in [1.82, 2.24) is 0 Å². The van der Waals surface area contributed by atoms with Gasteiger partial charge >= 0.3 is 0 Å². The quantitative estimate of drug-likeness (QED) is 0.666. The van der Waals surface area contributed by atoms with Crippen LogP contribution >= 0.6 is 11.8 Å². The number of furan rings is 1. The van der Waals surface area contributed by atoms with Gasteiger partial charge in [-0.05, 0) is 38.1 Å². The van der Waals surface area contributed by atoms with E-state index >= 15 is 0 Å². The minimum atomic E-state index is -0.0152. The second kappa shape index (κ2) is 4.67. The van der Waals surface area contributed by atoms with Crippen LogP contribution in [0.2, 0.25) is 0 Å². The van der Waals surface area contributed by atoms with Crippen LogP contribution in [0.1, 0.15) is 23.0 Å². The Bertz CT molecular complexity index is 560. The van der Waals surface area contributed by atoms with E-state index in [-0.39, 0.29) is 5.78 Å². The van der Waals surface area contributed by atoms with Gasteiger partial charge in [0.25, 0.3) is 0 Å². The van der Waals surface area contributed by atoms with Crippen LogP contribution in [0, 0.1) is 6.92 Å². The summed E-state index contributed by atoms with van der Waals surface area (Å²) in [4.78, 5) is 13.3. The normalized spacial score (nSPS) is 10.5. The molecule has 1 heterocycles. The van der Waals surface area contributed by atoms with Crippen LogP contribution in [0.15, 0.2) is 44.7 Å². The van der Waals surface area contributed by atoms with Crippen molar-refractivity contribution < 1.29 is 9.21 Å². The Balaban J connectivity index is 2.27. The number of carbonyl (C=O) groups excluding carboxylic acids is 1. The van der Waals surface area contributed by atoms with E-state index in [9.17, 15) is 4.79 Å². The van der Waals surface area contributed by atoms with E-state index in [1.807, 2.05) is 25.1 Å². The molecule has 0 aliphatic heterocycles. The fourth-order valence-electron chi connectivity index (χ4n) is 1.53. The molecule has 2 rings (SSSR count). The molecule has 0 amide bonds. The van der Waals surface area contributed by atoms with Gasteiger partial charge in [-0.3, -0.25) is 4.79 Å². The number of benzene rings is 1. The summed E-state index contributed by atoms with van der Waals surface area (Å²) in [5, 5.41) is 0. The molecule has 4 heteroatoms. The van der Waals surface area contributed by atoms with Gasteiger partial charge < -0.3 is 10.2 Å². The summed E-state index contributed by atoms with van der Waals surface area (Å²) >= 11 is 1.57. The molecule has 2 aromatic rings. The van der Waals surface area contributed by atoms with Gasteiger partial charge in [0.1, 0.15) is 5.76 Å². The Hall–Kier alpha value is -1.68. The predicted octanol–water partition coefficient (Wildman–Crippen LogP) is 3.52. The molecule has 0 radical (unpaired) electrons. The average molecular weight is 247 g/mol. The van der Waals surface area contributed by atoms with Crippen molar-refractivity contribution in [2.24, 2.45) is 0 Å². The summed E-state index contributed by atoms with van der Waals surface area (Å²) in [6.07, 6.45) is 1.66. The lowest BCUT2D eigenvalue weighted by molar-refractivity contribution is 0.101. The number of hydrogen-bond donors (Lipinski definition) is 1. The molecule has 0 aliphatic rings. The van der Waals surface area contributed by atoms with E-state index in [0.717, 1.165) is 15.6 Å². The molecule has 0 saturated carbocycles. The molecular formula is C13H13NO2S. The fourth-order valence-corrected chi connectivity index (χ4v) is 2.42. The first kappa shape index (κ1) is 11.8. The first-order chi connectivity index (χ1) is 8.08. The first-order valence-corrected chi connectivity index (χ1v) is 6.02. The van der Waals surface area contributed by atoms with Crippen molar-refractivity contribution in [3.05, 3.63) is 41.9 Å². The van der Waals surface area contributed by atoms with Gasteiger partial charge in [0.15, 0.2) is 5.78 Å². The van der Waals surface area contributed by atoms with E-state index in [4.69, 9.17) is 10.2 Å². The number of Topliss-reactive ketones (excluding diaryl/α,β-unsaturated/α-hetero) is 1. The SMILES string of the molecule is CC(=O)c1ccc(Sc2ccoc2C)cc1N. The lowest BCUT2D eigenvalue weighted by atomic mass is 10.1. The van der Waals surface area contributed by atoms with Crippen molar-refractivity contribution >= 4 is 23.2 Å². The van der Waals surface area contributed by atoms with Crippen LogP contribution in [0.5, 0.6) is 0 Å². The van der Waals surface area contributed by atoms with Gasteiger partial charge in [0, 0.05) is 16.1 Å². The number of carbonyl (C=O) groups is 1. The van der Waals surface area contributed by atoms with E-state index in [1.165, 1.54) is 6.92 Å². The molecule has 1 aromatic heterocycles. The number of rotatable bonds is 3. The van der Waals surface area contributed by atoms with Crippen LogP contribution in [0.25, 0.3) is 0 Å². The van der Waals surface area contributed by atoms with Crippen molar-refractivity contribution in [3.8, 4) is 0 Å². The zero-order chi connectivity index (χ0) is 12.4. The number of hydrogen-bond acceptors (Lipinski definition) is 4. The standard InChI is InChI=1S/C13H13NO2S/c1-8(15)11-4-3-10(7-12(11)14)17-13-5-6-16-9(13)2/h3-7H,14H2,1-2H3. The lowest BCUT2D eigenvalue weighted by Gasteiger charge is -2.05. The molecule has 0 unspecified atom stereocenters. The minimum Gasteiger partial charge on any atom is -0.468 e. The summed E-state index contributed by atoms with van der Waals surface area (Å²) in [6.45, 7) is 3.42. The van der Waals surface area contributed by atoms with Crippen molar-refractivity contribution in [2.75, 3.05) is 5.73 Å². The van der Waals surface area contributed by atoms with E-state index < -0.39 is 0 Å². The molecule has 0 aliphatic carbocycles. The van der Waals surface area contributed by atoms with E-state index in [0.29, 0.717) is 11.3 Å². The topological polar surface area (TPSA) is 56.2 Å².